The Bertz CT molecular complexity index is 1170. The summed E-state index contributed by atoms with van der Waals surface area (Å²) in [6.07, 6.45) is 3.86. The van der Waals surface area contributed by atoms with Gasteiger partial charge in [0.2, 0.25) is 0 Å². The molecule has 0 unspecified atom stereocenters. The summed E-state index contributed by atoms with van der Waals surface area (Å²) >= 11 is 6.29. The number of carbonyl (C=O) groups is 1. The van der Waals surface area contributed by atoms with Crippen molar-refractivity contribution in [2.75, 3.05) is 24.3 Å². The van der Waals surface area contributed by atoms with Gasteiger partial charge < -0.3 is 19.4 Å². The van der Waals surface area contributed by atoms with Gasteiger partial charge in [-0.05, 0) is 42.5 Å². The number of carbonyl (C=O) groups excluding carboxylic acids is 1. The number of para-hydroxylation sites is 1. The molecule has 1 amide bonds. The van der Waals surface area contributed by atoms with Crippen molar-refractivity contribution in [2.45, 2.75) is 6.61 Å². The number of rotatable bonds is 6. The summed E-state index contributed by atoms with van der Waals surface area (Å²) in [6, 6.07) is 18.3. The molecule has 0 aliphatic rings. The first-order valence-corrected chi connectivity index (χ1v) is 9.82. The minimum absolute atomic E-state index is 0.237. The topological polar surface area (TPSA) is 58.9 Å². The summed E-state index contributed by atoms with van der Waals surface area (Å²) in [5.74, 6) is 0.359. The van der Waals surface area contributed by atoms with E-state index in [4.69, 9.17) is 16.3 Å². The van der Waals surface area contributed by atoms with E-state index in [1.807, 2.05) is 66.1 Å². The van der Waals surface area contributed by atoms with Gasteiger partial charge in [0, 0.05) is 32.1 Å². The number of halogens is 1. The summed E-state index contributed by atoms with van der Waals surface area (Å²) < 4.78 is 7.80. The van der Waals surface area contributed by atoms with E-state index in [2.05, 4.69) is 10.3 Å². The first-order chi connectivity index (χ1) is 14.5. The number of anilines is 2. The zero-order chi connectivity index (χ0) is 21.1. The van der Waals surface area contributed by atoms with Crippen molar-refractivity contribution in [3.05, 3.63) is 89.3 Å². The van der Waals surface area contributed by atoms with Crippen molar-refractivity contribution in [3.63, 3.8) is 0 Å². The van der Waals surface area contributed by atoms with Crippen LogP contribution in [0.25, 0.3) is 5.65 Å². The fourth-order valence-electron chi connectivity index (χ4n) is 3.21. The van der Waals surface area contributed by atoms with Gasteiger partial charge in [0.15, 0.2) is 0 Å². The molecule has 7 heteroatoms. The van der Waals surface area contributed by atoms with E-state index in [1.165, 1.54) is 0 Å². The predicted molar refractivity (Wildman–Crippen MR) is 120 cm³/mol. The van der Waals surface area contributed by atoms with Crippen LogP contribution in [0.1, 0.15) is 16.1 Å². The number of aromatic nitrogens is 2. The van der Waals surface area contributed by atoms with Crippen LogP contribution >= 0.6 is 11.6 Å². The quantitative estimate of drug-likeness (QED) is 0.482. The molecular weight excluding hydrogens is 400 g/mol. The zero-order valence-electron chi connectivity index (χ0n) is 16.7. The Morgan fingerprint density at radius 2 is 1.97 bits per heavy atom. The van der Waals surface area contributed by atoms with Crippen LogP contribution in [0.2, 0.25) is 5.02 Å². The molecule has 30 heavy (non-hydrogen) atoms. The Morgan fingerprint density at radius 1 is 1.13 bits per heavy atom. The highest BCUT2D eigenvalue weighted by Gasteiger charge is 2.14. The third-order valence-electron chi connectivity index (χ3n) is 4.58. The van der Waals surface area contributed by atoms with E-state index in [9.17, 15) is 4.79 Å². The Hall–Kier alpha value is -3.51. The lowest BCUT2D eigenvalue weighted by atomic mass is 10.2. The van der Waals surface area contributed by atoms with Crippen LogP contribution in [0, 0.1) is 0 Å². The first kappa shape index (κ1) is 19.8. The maximum Gasteiger partial charge on any atom is 0.255 e. The highest BCUT2D eigenvalue weighted by Crippen LogP contribution is 2.32. The monoisotopic (exact) mass is 420 g/mol. The molecule has 0 bridgehead atoms. The minimum Gasteiger partial charge on any atom is -0.487 e. The normalized spacial score (nSPS) is 10.8. The molecule has 0 aliphatic heterocycles. The third-order valence-corrected chi connectivity index (χ3v) is 4.88. The van der Waals surface area contributed by atoms with Crippen molar-refractivity contribution < 1.29 is 9.53 Å². The van der Waals surface area contributed by atoms with Gasteiger partial charge in [-0.3, -0.25) is 4.79 Å². The highest BCUT2D eigenvalue weighted by molar-refractivity contribution is 6.34. The maximum absolute atomic E-state index is 12.8. The zero-order valence-corrected chi connectivity index (χ0v) is 17.4. The van der Waals surface area contributed by atoms with E-state index < -0.39 is 0 Å². The van der Waals surface area contributed by atoms with Crippen LogP contribution in [0.3, 0.4) is 0 Å². The lowest BCUT2D eigenvalue weighted by Crippen LogP contribution is -2.17. The van der Waals surface area contributed by atoms with E-state index in [0.29, 0.717) is 28.6 Å². The average Bonchev–Trinajstić information content (AvgIpc) is 3.15. The summed E-state index contributed by atoms with van der Waals surface area (Å²) in [6.45, 7) is 0.311. The van der Waals surface area contributed by atoms with E-state index in [1.54, 1.807) is 30.3 Å². The number of fused-ring (bicyclic) bond motifs is 1. The van der Waals surface area contributed by atoms with Gasteiger partial charge in [-0.25, -0.2) is 4.98 Å². The van der Waals surface area contributed by atoms with E-state index >= 15 is 0 Å². The summed E-state index contributed by atoms with van der Waals surface area (Å²) in [5.41, 5.74) is 3.57. The second kappa shape index (κ2) is 8.47. The Labute approximate surface area is 179 Å². The number of ether oxygens (including phenoxy) is 1. The molecule has 2 aromatic carbocycles. The maximum atomic E-state index is 12.8. The number of amides is 1. The Morgan fingerprint density at radius 3 is 2.77 bits per heavy atom. The van der Waals surface area contributed by atoms with Gasteiger partial charge >= 0.3 is 0 Å². The van der Waals surface area contributed by atoms with Gasteiger partial charge in [0.25, 0.3) is 5.91 Å². The standard InChI is InChI=1S/C23H21ClN4O2/c1-27(2)22-19(24)9-6-10-20(22)26-23(29)16-7-5-8-18(13-16)30-15-17-14-28-12-4-3-11-21(28)25-17/h3-14H,15H2,1-2H3,(H,26,29). The van der Waals surface area contributed by atoms with Gasteiger partial charge in [-0.1, -0.05) is 29.8 Å². The lowest BCUT2D eigenvalue weighted by Gasteiger charge is -2.19. The third kappa shape index (κ3) is 4.23. The molecule has 0 fully saturated rings. The number of hydrogen-bond acceptors (Lipinski definition) is 4. The predicted octanol–water partition coefficient (Wildman–Crippen LogP) is 4.89. The number of imidazole rings is 1. The number of nitrogens with zero attached hydrogens (tertiary/aromatic N) is 3. The van der Waals surface area contributed by atoms with Crippen LogP contribution < -0.4 is 15.0 Å². The molecule has 0 aliphatic carbocycles. The molecule has 6 nitrogen and oxygen atoms in total. The summed E-state index contributed by atoms with van der Waals surface area (Å²) in [7, 11) is 3.76. The SMILES string of the molecule is CN(C)c1c(Cl)cccc1NC(=O)c1cccc(OCc2cn3ccccc3n2)c1. The molecule has 0 saturated heterocycles. The summed E-state index contributed by atoms with van der Waals surface area (Å²) in [5, 5.41) is 3.50. The van der Waals surface area contributed by atoms with Gasteiger partial charge in [0.1, 0.15) is 18.0 Å². The second-order valence-corrected chi connectivity index (χ2v) is 7.41. The number of benzene rings is 2. The average molecular weight is 421 g/mol. The fraction of sp³-hybridized carbons (Fsp3) is 0.130. The molecule has 2 aromatic heterocycles. The van der Waals surface area contributed by atoms with Crippen LogP contribution in [-0.2, 0) is 6.61 Å². The first-order valence-electron chi connectivity index (χ1n) is 9.44. The highest BCUT2D eigenvalue weighted by atomic mass is 35.5. The molecule has 0 saturated carbocycles. The van der Waals surface area contributed by atoms with Gasteiger partial charge in [-0.15, -0.1) is 0 Å². The molecule has 0 atom stereocenters. The molecule has 4 aromatic rings. The van der Waals surface area contributed by atoms with Gasteiger partial charge in [-0.2, -0.15) is 0 Å². The molecule has 152 valence electrons. The van der Waals surface area contributed by atoms with Crippen molar-refractivity contribution in [3.8, 4) is 5.75 Å². The smallest absolute Gasteiger partial charge is 0.255 e. The molecule has 1 N–H and O–H groups in total. The van der Waals surface area contributed by atoms with Crippen LogP contribution in [0.15, 0.2) is 73.1 Å². The minimum atomic E-state index is -0.237. The fourth-order valence-corrected chi connectivity index (χ4v) is 3.55. The summed E-state index contributed by atoms with van der Waals surface area (Å²) in [4.78, 5) is 19.2. The molecular formula is C23H21ClN4O2. The molecule has 2 heterocycles. The molecule has 0 radical (unpaired) electrons. The van der Waals surface area contributed by atoms with Crippen LogP contribution in [0.5, 0.6) is 5.75 Å². The number of nitrogens with one attached hydrogen (secondary N) is 1. The van der Waals surface area contributed by atoms with Crippen molar-refractivity contribution >= 4 is 34.5 Å². The largest absolute Gasteiger partial charge is 0.487 e. The lowest BCUT2D eigenvalue weighted by molar-refractivity contribution is 0.102. The molecule has 0 spiro atoms. The van der Waals surface area contributed by atoms with E-state index in [0.717, 1.165) is 17.0 Å². The second-order valence-electron chi connectivity index (χ2n) is 7.00. The van der Waals surface area contributed by atoms with Crippen molar-refractivity contribution in [1.82, 2.24) is 9.38 Å². The van der Waals surface area contributed by atoms with Crippen LogP contribution in [0.4, 0.5) is 11.4 Å². The number of hydrogen-bond donors (Lipinski definition) is 1. The van der Waals surface area contributed by atoms with E-state index in [-0.39, 0.29) is 5.91 Å². The van der Waals surface area contributed by atoms with Crippen molar-refractivity contribution in [1.29, 1.82) is 0 Å². The molecule has 4 rings (SSSR count). The number of pyridine rings is 1. The Balaban J connectivity index is 1.48. The van der Waals surface area contributed by atoms with Crippen molar-refractivity contribution in [2.24, 2.45) is 0 Å². The van der Waals surface area contributed by atoms with Crippen LogP contribution in [-0.4, -0.2) is 29.4 Å². The van der Waals surface area contributed by atoms with Gasteiger partial charge in [0.05, 0.1) is 22.1 Å². The Kier molecular flexibility index (Phi) is 5.59.